The summed E-state index contributed by atoms with van der Waals surface area (Å²) in [5.74, 6) is -3.69. The number of carbonyl (C=O) groups is 2. The van der Waals surface area contributed by atoms with Gasteiger partial charge in [-0.05, 0) is 41.4 Å². The van der Waals surface area contributed by atoms with Crippen molar-refractivity contribution in [3.05, 3.63) is 11.6 Å². The number of carbonyl (C=O) groups excluding carboxylic acids is 2. The molecule has 0 aromatic rings. The number of rotatable bonds is 2. The van der Waals surface area contributed by atoms with E-state index in [-0.39, 0.29) is 36.7 Å². The van der Waals surface area contributed by atoms with E-state index < -0.39 is 40.8 Å². The molecule has 0 spiro atoms. The van der Waals surface area contributed by atoms with Gasteiger partial charge in [0.2, 0.25) is 5.79 Å². The van der Waals surface area contributed by atoms with Crippen molar-refractivity contribution in [2.45, 2.75) is 71.4 Å². The first-order valence-corrected chi connectivity index (χ1v) is 10.6. The summed E-state index contributed by atoms with van der Waals surface area (Å²) in [6.07, 6.45) is 2.33. The van der Waals surface area contributed by atoms with Gasteiger partial charge in [-0.1, -0.05) is 27.2 Å². The minimum absolute atomic E-state index is 0.0743. The van der Waals surface area contributed by atoms with Crippen molar-refractivity contribution in [1.29, 1.82) is 0 Å². The van der Waals surface area contributed by atoms with Crippen molar-refractivity contribution >= 4 is 11.9 Å². The lowest BCUT2D eigenvalue weighted by Crippen LogP contribution is -2.68. The zero-order valence-electron chi connectivity index (χ0n) is 17.6. The van der Waals surface area contributed by atoms with E-state index in [2.05, 4.69) is 6.92 Å². The normalized spacial score (nSPS) is 51.3. The van der Waals surface area contributed by atoms with E-state index in [0.717, 1.165) is 19.3 Å². The van der Waals surface area contributed by atoms with Crippen LogP contribution >= 0.6 is 0 Å². The lowest BCUT2D eigenvalue weighted by molar-refractivity contribution is -0.269. The fraction of sp³-hybridized carbons (Fsp3) is 0.818. The van der Waals surface area contributed by atoms with E-state index in [1.54, 1.807) is 0 Å². The van der Waals surface area contributed by atoms with Crippen LogP contribution in [0, 0.1) is 34.5 Å². The summed E-state index contributed by atoms with van der Waals surface area (Å²) in [6, 6.07) is 0. The predicted molar refractivity (Wildman–Crippen MR) is 102 cm³/mol. The molecule has 0 radical (unpaired) electrons. The van der Waals surface area contributed by atoms with Crippen LogP contribution in [0.25, 0.3) is 0 Å². The second-order valence-electron chi connectivity index (χ2n) is 10.2. The van der Waals surface area contributed by atoms with Crippen molar-refractivity contribution in [3.63, 3.8) is 0 Å². The third-order valence-corrected chi connectivity index (χ3v) is 8.52. The quantitative estimate of drug-likeness (QED) is 0.594. The highest BCUT2D eigenvalue weighted by Gasteiger charge is 2.68. The smallest absolute Gasteiger partial charge is 0.333 e. The van der Waals surface area contributed by atoms with Crippen molar-refractivity contribution in [1.82, 2.24) is 0 Å². The van der Waals surface area contributed by atoms with E-state index in [9.17, 15) is 24.9 Å². The first kappa shape index (κ1) is 20.8. The number of esters is 2. The van der Waals surface area contributed by atoms with Gasteiger partial charge in [-0.25, -0.2) is 4.79 Å². The molecular weight excluding hydrogens is 376 g/mol. The van der Waals surface area contributed by atoms with Crippen molar-refractivity contribution in [2.75, 3.05) is 6.61 Å². The summed E-state index contributed by atoms with van der Waals surface area (Å²) in [5, 5.41) is 32.9. The van der Waals surface area contributed by atoms with Crippen molar-refractivity contribution in [2.24, 2.45) is 34.5 Å². The Labute approximate surface area is 171 Å². The molecule has 0 aromatic heterocycles. The van der Waals surface area contributed by atoms with Crippen molar-refractivity contribution < 1.29 is 34.4 Å². The van der Waals surface area contributed by atoms with E-state index in [0.29, 0.717) is 5.57 Å². The predicted octanol–water partition coefficient (Wildman–Crippen LogP) is 1.54. The first-order chi connectivity index (χ1) is 13.5. The molecule has 0 bridgehead atoms. The van der Waals surface area contributed by atoms with E-state index >= 15 is 0 Å². The Morgan fingerprint density at radius 2 is 2.03 bits per heavy atom. The third-order valence-electron chi connectivity index (χ3n) is 8.52. The molecule has 7 nitrogen and oxygen atoms in total. The van der Waals surface area contributed by atoms with Gasteiger partial charge in [0.25, 0.3) is 0 Å². The van der Waals surface area contributed by atoms with Gasteiger partial charge < -0.3 is 24.8 Å². The van der Waals surface area contributed by atoms with E-state index in [1.807, 2.05) is 13.8 Å². The highest BCUT2D eigenvalue weighted by molar-refractivity contribution is 5.86. The fourth-order valence-electron chi connectivity index (χ4n) is 7.43. The lowest BCUT2D eigenvalue weighted by Gasteiger charge is -2.65. The maximum absolute atomic E-state index is 11.9. The van der Waals surface area contributed by atoms with Gasteiger partial charge in [-0.15, -0.1) is 0 Å². The fourth-order valence-corrected chi connectivity index (χ4v) is 7.43. The van der Waals surface area contributed by atoms with E-state index in [4.69, 9.17) is 9.47 Å². The van der Waals surface area contributed by atoms with Crippen LogP contribution < -0.4 is 0 Å². The van der Waals surface area contributed by atoms with Crippen LogP contribution in [0.2, 0.25) is 0 Å². The van der Waals surface area contributed by atoms with Gasteiger partial charge >= 0.3 is 11.9 Å². The Kier molecular flexibility index (Phi) is 4.69. The highest BCUT2D eigenvalue weighted by atomic mass is 16.7. The standard InChI is InChI=1S/C22H32O7/c1-11-13-8-15(25)29-22(13,27)9-14-16(11)17(26)18(28-12(2)24)19-20(3,10-23)6-5-7-21(14,19)4/h8,11,14,16-19,23,26-27H,5-7,9-10H2,1-4H3/t11-,14-,16+,17-,18-,19-,20-,21+,22-/m1/s1. The molecule has 3 fully saturated rings. The molecule has 162 valence electrons. The number of aliphatic hydroxyl groups excluding tert-OH is 2. The van der Waals surface area contributed by atoms with Crippen LogP contribution in [-0.2, 0) is 19.1 Å². The molecule has 9 atom stereocenters. The number of fused-ring (bicyclic) bond motifs is 4. The summed E-state index contributed by atoms with van der Waals surface area (Å²) in [7, 11) is 0. The molecule has 0 amide bonds. The molecule has 7 heteroatoms. The molecule has 4 aliphatic rings. The number of hydrogen-bond donors (Lipinski definition) is 3. The number of aliphatic hydroxyl groups is 3. The monoisotopic (exact) mass is 408 g/mol. The van der Waals surface area contributed by atoms with Gasteiger partial charge in [0, 0.05) is 37.5 Å². The molecular formula is C22H32O7. The van der Waals surface area contributed by atoms with Crippen LogP contribution in [0.3, 0.4) is 0 Å². The maximum Gasteiger partial charge on any atom is 0.333 e. The van der Waals surface area contributed by atoms with Gasteiger partial charge in [0.1, 0.15) is 6.10 Å². The molecule has 1 heterocycles. The van der Waals surface area contributed by atoms with Crippen molar-refractivity contribution in [3.8, 4) is 0 Å². The third kappa shape index (κ3) is 2.81. The second-order valence-corrected chi connectivity index (χ2v) is 10.2. The Morgan fingerprint density at radius 3 is 2.66 bits per heavy atom. The molecule has 3 N–H and O–H groups in total. The Hall–Kier alpha value is -1.44. The van der Waals surface area contributed by atoms with Gasteiger partial charge in [0.15, 0.2) is 0 Å². The molecule has 3 aliphatic carbocycles. The minimum Gasteiger partial charge on any atom is -0.459 e. The lowest BCUT2D eigenvalue weighted by atomic mass is 9.41. The molecule has 0 aromatic carbocycles. The minimum atomic E-state index is -1.65. The summed E-state index contributed by atoms with van der Waals surface area (Å²) in [4.78, 5) is 23.9. The first-order valence-electron chi connectivity index (χ1n) is 10.6. The summed E-state index contributed by atoms with van der Waals surface area (Å²) in [5.41, 5.74) is -0.426. The molecule has 3 saturated carbocycles. The zero-order chi connectivity index (χ0) is 21.4. The van der Waals surface area contributed by atoms with Gasteiger partial charge in [-0.3, -0.25) is 4.79 Å². The molecule has 1 aliphatic heterocycles. The largest absolute Gasteiger partial charge is 0.459 e. The average molecular weight is 408 g/mol. The Bertz CT molecular complexity index is 762. The van der Waals surface area contributed by atoms with Crippen LogP contribution in [0.4, 0.5) is 0 Å². The average Bonchev–Trinajstić information content (AvgIpc) is 2.93. The van der Waals surface area contributed by atoms with Crippen LogP contribution in [0.15, 0.2) is 11.6 Å². The summed E-state index contributed by atoms with van der Waals surface area (Å²) < 4.78 is 11.0. The highest BCUT2D eigenvalue weighted by Crippen LogP contribution is 2.67. The van der Waals surface area contributed by atoms with E-state index in [1.165, 1.54) is 13.0 Å². The molecule has 0 unspecified atom stereocenters. The van der Waals surface area contributed by atoms with Gasteiger partial charge in [0.05, 0.1) is 6.10 Å². The summed E-state index contributed by atoms with van der Waals surface area (Å²) >= 11 is 0. The molecule has 29 heavy (non-hydrogen) atoms. The Morgan fingerprint density at radius 1 is 1.34 bits per heavy atom. The molecule has 0 saturated heterocycles. The van der Waals surface area contributed by atoms with Crippen LogP contribution in [0.5, 0.6) is 0 Å². The van der Waals surface area contributed by atoms with Crippen LogP contribution in [-0.4, -0.2) is 51.9 Å². The zero-order valence-corrected chi connectivity index (χ0v) is 17.6. The maximum atomic E-state index is 11.9. The molecule has 4 rings (SSSR count). The SMILES string of the molecule is CC(=O)O[C@@H]1[C@H](O)[C@H]2[C@H](C)C3=CC(=O)O[C@]3(O)C[C@H]2[C@]2(C)CCC[C@](C)(CO)[C@@H]12. The Balaban J connectivity index is 1.85. The number of hydrogen-bond acceptors (Lipinski definition) is 7. The van der Waals surface area contributed by atoms with Gasteiger partial charge in [-0.2, -0.15) is 0 Å². The summed E-state index contributed by atoms with van der Waals surface area (Å²) in [6.45, 7) is 7.26. The topological polar surface area (TPSA) is 113 Å². The number of ether oxygens (including phenoxy) is 2. The second kappa shape index (κ2) is 6.53. The van der Waals surface area contributed by atoms with Crippen LogP contribution in [0.1, 0.15) is 53.4 Å².